The number of rotatable bonds is 5. The molecule has 2 saturated heterocycles. The Morgan fingerprint density at radius 2 is 1.96 bits per heavy atom. The number of hydrogen-bond donors (Lipinski definition) is 0. The maximum atomic E-state index is 5.83. The van der Waals surface area contributed by atoms with Crippen molar-refractivity contribution < 1.29 is 9.15 Å². The molecule has 2 aromatic heterocycles. The smallest absolute Gasteiger partial charge is 0.230 e. The van der Waals surface area contributed by atoms with Crippen LogP contribution in [0.2, 0.25) is 0 Å². The van der Waals surface area contributed by atoms with E-state index < -0.39 is 0 Å². The molecule has 0 spiro atoms. The highest BCUT2D eigenvalue weighted by molar-refractivity contribution is 5.42. The van der Waals surface area contributed by atoms with Crippen LogP contribution < -0.4 is 4.90 Å². The Labute approximate surface area is 159 Å². The first-order valence-corrected chi connectivity index (χ1v) is 9.59. The van der Waals surface area contributed by atoms with Gasteiger partial charge in [0.25, 0.3) is 0 Å². The molecule has 2 aliphatic rings. The lowest BCUT2D eigenvalue weighted by Crippen LogP contribution is -2.58. The van der Waals surface area contributed by atoms with Gasteiger partial charge in [-0.05, 0) is 25.6 Å². The second-order valence-electron chi connectivity index (χ2n) is 8.60. The van der Waals surface area contributed by atoms with Gasteiger partial charge in [0, 0.05) is 31.2 Å². The van der Waals surface area contributed by atoms with Crippen molar-refractivity contribution in [1.29, 1.82) is 0 Å². The van der Waals surface area contributed by atoms with E-state index in [1.54, 1.807) is 0 Å². The summed E-state index contributed by atoms with van der Waals surface area (Å²) in [5.74, 6) is 2.58. The monoisotopic (exact) mass is 372 g/mol. The summed E-state index contributed by atoms with van der Waals surface area (Å²) in [6.45, 7) is 10.4. The quantitative estimate of drug-likeness (QED) is 0.788. The molecule has 2 fully saturated rings. The summed E-state index contributed by atoms with van der Waals surface area (Å²) in [6.07, 6.45) is 0.962. The van der Waals surface area contributed by atoms with Gasteiger partial charge in [-0.1, -0.05) is 20.8 Å². The van der Waals surface area contributed by atoms with Crippen LogP contribution in [0.4, 0.5) is 5.82 Å². The van der Waals surface area contributed by atoms with Crippen molar-refractivity contribution in [3.8, 4) is 0 Å². The summed E-state index contributed by atoms with van der Waals surface area (Å²) >= 11 is 0. The van der Waals surface area contributed by atoms with Gasteiger partial charge in [-0.2, -0.15) is 5.10 Å². The largest absolute Gasteiger partial charge is 0.423 e. The standard InChI is InChI=1S/C19H28N6O2/c1-19(2,3)15-5-6-16(21-20-15)25-9-14(10-25)24(4)11-17-22-23-18(27-17)13-7-8-26-12-13/h5-6,13-14H,7-12H2,1-4H3. The van der Waals surface area contributed by atoms with Crippen LogP contribution >= 0.6 is 0 Å². The lowest BCUT2D eigenvalue weighted by atomic mass is 9.92. The Hall–Kier alpha value is -2.06. The average molecular weight is 372 g/mol. The van der Waals surface area contributed by atoms with E-state index in [0.717, 1.165) is 37.6 Å². The second kappa shape index (κ2) is 7.16. The van der Waals surface area contributed by atoms with Crippen LogP contribution in [0.1, 0.15) is 50.6 Å². The van der Waals surface area contributed by atoms with Crippen LogP contribution in [-0.2, 0) is 16.7 Å². The molecule has 0 saturated carbocycles. The normalized spacial score (nSPS) is 21.1. The molecule has 146 valence electrons. The molecule has 0 amide bonds. The summed E-state index contributed by atoms with van der Waals surface area (Å²) in [4.78, 5) is 4.51. The van der Waals surface area contributed by atoms with Crippen molar-refractivity contribution in [2.75, 3.05) is 38.3 Å². The lowest BCUT2D eigenvalue weighted by Gasteiger charge is -2.44. The van der Waals surface area contributed by atoms with E-state index in [1.807, 2.05) is 0 Å². The Morgan fingerprint density at radius 1 is 1.15 bits per heavy atom. The molecule has 2 aliphatic heterocycles. The van der Waals surface area contributed by atoms with Crippen molar-refractivity contribution in [1.82, 2.24) is 25.3 Å². The van der Waals surface area contributed by atoms with Crippen LogP contribution in [0.15, 0.2) is 16.5 Å². The Balaban J connectivity index is 1.29. The third-order valence-corrected chi connectivity index (χ3v) is 5.37. The highest BCUT2D eigenvalue weighted by atomic mass is 16.5. The van der Waals surface area contributed by atoms with Crippen molar-refractivity contribution in [3.05, 3.63) is 29.6 Å². The summed E-state index contributed by atoms with van der Waals surface area (Å²) in [5, 5.41) is 17.2. The first kappa shape index (κ1) is 18.3. The topological polar surface area (TPSA) is 80.4 Å². The molecule has 4 rings (SSSR count). The molecule has 8 heteroatoms. The van der Waals surface area contributed by atoms with Gasteiger partial charge in [0.2, 0.25) is 11.8 Å². The number of anilines is 1. The minimum absolute atomic E-state index is 0.0246. The van der Waals surface area contributed by atoms with Gasteiger partial charge >= 0.3 is 0 Å². The molecule has 27 heavy (non-hydrogen) atoms. The van der Waals surface area contributed by atoms with E-state index in [4.69, 9.17) is 9.15 Å². The fourth-order valence-electron chi connectivity index (χ4n) is 3.38. The van der Waals surface area contributed by atoms with E-state index in [-0.39, 0.29) is 11.3 Å². The molecule has 2 aromatic rings. The predicted molar refractivity (Wildman–Crippen MR) is 101 cm³/mol. The fourth-order valence-corrected chi connectivity index (χ4v) is 3.38. The number of nitrogens with zero attached hydrogens (tertiary/aromatic N) is 6. The number of ether oxygens (including phenoxy) is 1. The van der Waals surface area contributed by atoms with Crippen molar-refractivity contribution in [2.45, 2.75) is 51.1 Å². The third kappa shape index (κ3) is 3.96. The van der Waals surface area contributed by atoms with Crippen molar-refractivity contribution in [3.63, 3.8) is 0 Å². The zero-order chi connectivity index (χ0) is 19.0. The van der Waals surface area contributed by atoms with E-state index >= 15 is 0 Å². The number of hydrogen-bond acceptors (Lipinski definition) is 8. The summed E-state index contributed by atoms with van der Waals surface area (Å²) < 4.78 is 11.2. The van der Waals surface area contributed by atoms with E-state index in [9.17, 15) is 0 Å². The zero-order valence-electron chi connectivity index (χ0n) is 16.6. The third-order valence-electron chi connectivity index (χ3n) is 5.37. The Kier molecular flexibility index (Phi) is 4.86. The molecular weight excluding hydrogens is 344 g/mol. The van der Waals surface area contributed by atoms with E-state index in [2.05, 4.69) is 70.1 Å². The molecule has 0 N–H and O–H groups in total. The SMILES string of the molecule is CN(Cc1nnc(C2CCOC2)o1)C1CN(c2ccc(C(C)(C)C)nn2)C1. The maximum absolute atomic E-state index is 5.83. The first-order valence-electron chi connectivity index (χ1n) is 9.59. The van der Waals surface area contributed by atoms with Crippen LogP contribution in [0.25, 0.3) is 0 Å². The highest BCUT2D eigenvalue weighted by Gasteiger charge is 2.32. The van der Waals surface area contributed by atoms with Crippen LogP contribution in [0.3, 0.4) is 0 Å². The van der Waals surface area contributed by atoms with Crippen LogP contribution in [0.5, 0.6) is 0 Å². The fraction of sp³-hybridized carbons (Fsp3) is 0.684. The Morgan fingerprint density at radius 3 is 2.59 bits per heavy atom. The van der Waals surface area contributed by atoms with Gasteiger partial charge < -0.3 is 14.1 Å². The molecule has 4 heterocycles. The van der Waals surface area contributed by atoms with Crippen molar-refractivity contribution in [2.24, 2.45) is 0 Å². The maximum Gasteiger partial charge on any atom is 0.230 e. The van der Waals surface area contributed by atoms with E-state index in [0.29, 0.717) is 31.0 Å². The molecule has 1 unspecified atom stereocenters. The predicted octanol–water partition coefficient (Wildman–Crippen LogP) is 1.98. The van der Waals surface area contributed by atoms with Gasteiger partial charge in [0.05, 0.1) is 24.8 Å². The lowest BCUT2D eigenvalue weighted by molar-refractivity contribution is 0.176. The van der Waals surface area contributed by atoms with E-state index in [1.165, 1.54) is 0 Å². The van der Waals surface area contributed by atoms with Crippen LogP contribution in [0, 0.1) is 0 Å². The van der Waals surface area contributed by atoms with Crippen LogP contribution in [-0.4, -0.2) is 64.7 Å². The molecule has 0 bridgehead atoms. The summed E-state index contributed by atoms with van der Waals surface area (Å²) in [7, 11) is 2.10. The first-order chi connectivity index (χ1) is 12.9. The summed E-state index contributed by atoms with van der Waals surface area (Å²) in [5.41, 5.74) is 1.04. The van der Waals surface area contributed by atoms with Gasteiger partial charge in [0.15, 0.2) is 5.82 Å². The van der Waals surface area contributed by atoms with Gasteiger partial charge in [-0.3, -0.25) is 4.90 Å². The van der Waals surface area contributed by atoms with Gasteiger partial charge in [-0.15, -0.1) is 15.3 Å². The minimum Gasteiger partial charge on any atom is -0.423 e. The molecular formula is C19H28N6O2. The molecule has 0 aromatic carbocycles. The second-order valence-corrected chi connectivity index (χ2v) is 8.60. The highest BCUT2D eigenvalue weighted by Crippen LogP contribution is 2.26. The minimum atomic E-state index is 0.0246. The molecule has 1 atom stereocenters. The van der Waals surface area contributed by atoms with Crippen molar-refractivity contribution >= 4 is 5.82 Å². The molecule has 8 nitrogen and oxygen atoms in total. The number of aromatic nitrogens is 4. The molecule has 0 aliphatic carbocycles. The number of likely N-dealkylation sites (N-methyl/N-ethyl adjacent to an activating group) is 1. The summed E-state index contributed by atoms with van der Waals surface area (Å²) in [6, 6.07) is 4.59. The van der Waals surface area contributed by atoms with Gasteiger partial charge in [-0.25, -0.2) is 0 Å². The average Bonchev–Trinajstić information content (AvgIpc) is 3.24. The molecule has 0 radical (unpaired) electrons. The Bertz CT molecular complexity index is 757. The van der Waals surface area contributed by atoms with Gasteiger partial charge in [0.1, 0.15) is 0 Å². The zero-order valence-corrected chi connectivity index (χ0v) is 16.6.